The van der Waals surface area contributed by atoms with E-state index in [1.807, 2.05) is 12.1 Å². The summed E-state index contributed by atoms with van der Waals surface area (Å²) in [5.74, 6) is -0.569. The number of carbonyl (C=O) groups is 1. The second-order valence-corrected chi connectivity index (χ2v) is 7.01. The first-order valence-electron chi connectivity index (χ1n) is 9.62. The van der Waals surface area contributed by atoms with Crippen molar-refractivity contribution in [1.82, 2.24) is 19.6 Å². The highest BCUT2D eigenvalue weighted by molar-refractivity contribution is 5.94. The Balaban J connectivity index is 1.47. The molecule has 0 atom stereocenters. The molecule has 3 aromatic carbocycles. The van der Waals surface area contributed by atoms with E-state index in [-0.39, 0.29) is 18.7 Å². The maximum absolute atomic E-state index is 12.8. The van der Waals surface area contributed by atoms with E-state index in [4.69, 9.17) is 4.74 Å². The van der Waals surface area contributed by atoms with Gasteiger partial charge in [-0.25, -0.2) is 0 Å². The molecule has 31 heavy (non-hydrogen) atoms. The molecule has 0 saturated carbocycles. The largest absolute Gasteiger partial charge is 0.441 e. The third-order valence-electron chi connectivity index (χ3n) is 5.14. The molecule has 2 aromatic heterocycles. The van der Waals surface area contributed by atoms with Gasteiger partial charge in [-0.1, -0.05) is 41.6 Å². The van der Waals surface area contributed by atoms with Gasteiger partial charge in [-0.2, -0.15) is 4.68 Å². The van der Waals surface area contributed by atoms with Crippen LogP contribution >= 0.6 is 0 Å². The maximum atomic E-state index is 12.8. The van der Waals surface area contributed by atoms with Crippen LogP contribution < -0.4 is 11.0 Å². The number of hydrogen-bond donors (Lipinski definition) is 0. The predicted octanol–water partition coefficient (Wildman–Crippen LogP) is 2.46. The lowest BCUT2D eigenvalue weighted by molar-refractivity contribution is -0.148. The van der Waals surface area contributed by atoms with Crippen LogP contribution in [0.15, 0.2) is 82.4 Å². The Morgan fingerprint density at radius 3 is 2.06 bits per heavy atom. The molecule has 0 fully saturated rings. The molecule has 0 bridgehead atoms. The molecule has 0 aliphatic carbocycles. The van der Waals surface area contributed by atoms with Crippen LogP contribution in [0, 0.1) is 0 Å². The molecule has 5 rings (SSSR count). The Bertz CT molecular complexity index is 1530. The Labute approximate surface area is 174 Å². The lowest BCUT2D eigenvalue weighted by atomic mass is 10.1. The molecule has 0 aliphatic heterocycles. The van der Waals surface area contributed by atoms with Crippen molar-refractivity contribution >= 4 is 38.7 Å². The van der Waals surface area contributed by atoms with Gasteiger partial charge in [0.15, 0.2) is 12.2 Å². The molecule has 8 heteroatoms. The van der Waals surface area contributed by atoms with Crippen LogP contribution in [-0.4, -0.2) is 25.5 Å². The highest BCUT2D eigenvalue weighted by Crippen LogP contribution is 2.19. The smallest absolute Gasteiger partial charge is 0.327 e. The number of nitrogens with zero attached hydrogens (tertiary/aromatic N) is 4. The summed E-state index contributed by atoms with van der Waals surface area (Å²) in [5.41, 5.74) is 1.25. The van der Waals surface area contributed by atoms with Gasteiger partial charge in [-0.05, 0) is 36.4 Å². The fourth-order valence-electron chi connectivity index (χ4n) is 3.66. The zero-order valence-electron chi connectivity index (χ0n) is 16.3. The predicted molar refractivity (Wildman–Crippen MR) is 116 cm³/mol. The molecule has 0 N–H and O–H groups in total. The van der Waals surface area contributed by atoms with Crippen LogP contribution in [0.25, 0.3) is 32.7 Å². The summed E-state index contributed by atoms with van der Waals surface area (Å²) >= 11 is 0. The van der Waals surface area contributed by atoms with Crippen molar-refractivity contribution in [2.75, 3.05) is 0 Å². The minimum Gasteiger partial charge on any atom is -0.441 e. The number of benzene rings is 3. The van der Waals surface area contributed by atoms with Crippen molar-refractivity contribution in [3.05, 3.63) is 93.4 Å². The number of esters is 1. The third-order valence-corrected chi connectivity index (χ3v) is 5.14. The summed E-state index contributed by atoms with van der Waals surface area (Å²) in [6, 6.07) is 21.0. The van der Waals surface area contributed by atoms with Gasteiger partial charge in [0.25, 0.3) is 5.56 Å². The summed E-state index contributed by atoms with van der Waals surface area (Å²) in [6.45, 7) is -0.483. The van der Waals surface area contributed by atoms with Gasteiger partial charge in [0.2, 0.25) is 0 Å². The fraction of sp³-hybridized carbons (Fsp3) is 0.0870. The molecular weight excluding hydrogens is 396 g/mol. The van der Waals surface area contributed by atoms with Crippen molar-refractivity contribution < 1.29 is 9.53 Å². The monoisotopic (exact) mass is 412 g/mol. The normalized spacial score (nSPS) is 11.2. The summed E-state index contributed by atoms with van der Waals surface area (Å²) in [7, 11) is 0. The van der Waals surface area contributed by atoms with E-state index in [1.165, 1.54) is 0 Å². The molecule has 0 saturated heterocycles. The van der Waals surface area contributed by atoms with E-state index in [9.17, 15) is 14.4 Å². The number of hydrogen-bond acceptors (Lipinski definition) is 6. The molecule has 5 aromatic rings. The average Bonchev–Trinajstić information content (AvgIpc) is 2.81. The van der Waals surface area contributed by atoms with Crippen LogP contribution in [0.4, 0.5) is 0 Å². The van der Waals surface area contributed by atoms with Crippen LogP contribution in [0.3, 0.4) is 0 Å². The maximum Gasteiger partial charge on any atom is 0.327 e. The van der Waals surface area contributed by atoms with Gasteiger partial charge in [0.1, 0.15) is 12.1 Å². The standard InChI is InChI=1S/C23H16N4O4/c28-21(31-14-27-23(30)15-7-1-4-10-18(15)24-25-27)13-26-19-11-5-2-8-16(19)22(29)17-9-3-6-12-20(17)26/h1-12H,13-14H2. The van der Waals surface area contributed by atoms with Crippen LogP contribution in [0.2, 0.25) is 0 Å². The van der Waals surface area contributed by atoms with E-state index >= 15 is 0 Å². The quantitative estimate of drug-likeness (QED) is 0.332. The number of fused-ring (bicyclic) bond motifs is 3. The minimum atomic E-state index is -0.569. The lowest BCUT2D eigenvalue weighted by Gasteiger charge is -2.14. The average molecular weight is 412 g/mol. The first-order chi connectivity index (χ1) is 15.1. The first kappa shape index (κ1) is 18.7. The molecule has 152 valence electrons. The van der Waals surface area contributed by atoms with Crippen molar-refractivity contribution in [2.45, 2.75) is 13.3 Å². The van der Waals surface area contributed by atoms with Crippen molar-refractivity contribution in [2.24, 2.45) is 0 Å². The van der Waals surface area contributed by atoms with Crippen LogP contribution in [0.1, 0.15) is 0 Å². The summed E-state index contributed by atoms with van der Waals surface area (Å²) in [4.78, 5) is 38.0. The van der Waals surface area contributed by atoms with Gasteiger partial charge in [0, 0.05) is 10.8 Å². The number of rotatable bonds is 4. The Kier molecular flexibility index (Phi) is 4.51. The molecule has 8 nitrogen and oxygen atoms in total. The second-order valence-electron chi connectivity index (χ2n) is 7.01. The number of pyridine rings is 1. The number of aromatic nitrogens is 4. The lowest BCUT2D eigenvalue weighted by Crippen LogP contribution is -2.27. The molecule has 0 radical (unpaired) electrons. The third kappa shape index (κ3) is 3.24. The van der Waals surface area contributed by atoms with Gasteiger partial charge in [-0.15, -0.1) is 5.10 Å². The first-order valence-corrected chi connectivity index (χ1v) is 9.62. The number of para-hydroxylation sites is 2. The van der Waals surface area contributed by atoms with Crippen LogP contribution in [0.5, 0.6) is 0 Å². The Hall–Kier alpha value is -4.33. The second kappa shape index (κ2) is 7.49. The zero-order chi connectivity index (χ0) is 21.4. The molecule has 0 aliphatic rings. The van der Waals surface area contributed by atoms with Gasteiger partial charge in [0.05, 0.1) is 16.4 Å². The van der Waals surface area contributed by atoms with E-state index in [0.29, 0.717) is 32.7 Å². The van der Waals surface area contributed by atoms with Crippen LogP contribution in [-0.2, 0) is 22.8 Å². The highest BCUT2D eigenvalue weighted by atomic mass is 16.5. The van der Waals surface area contributed by atoms with Gasteiger partial charge in [-0.3, -0.25) is 14.4 Å². The van der Waals surface area contributed by atoms with E-state index < -0.39 is 11.5 Å². The molecular formula is C23H16N4O4. The fourth-order valence-corrected chi connectivity index (χ4v) is 3.66. The molecule has 0 spiro atoms. The summed E-state index contributed by atoms with van der Waals surface area (Å²) in [5, 5.41) is 9.24. The molecule has 2 heterocycles. The van der Waals surface area contributed by atoms with Gasteiger partial charge < -0.3 is 9.30 Å². The minimum absolute atomic E-state index is 0.0891. The topological polar surface area (TPSA) is 96.1 Å². The Morgan fingerprint density at radius 1 is 0.806 bits per heavy atom. The summed E-state index contributed by atoms with van der Waals surface area (Å²) in [6.07, 6.45) is 0. The van der Waals surface area contributed by atoms with E-state index in [0.717, 1.165) is 4.68 Å². The van der Waals surface area contributed by atoms with Gasteiger partial charge >= 0.3 is 5.97 Å². The molecule has 0 unspecified atom stereocenters. The highest BCUT2D eigenvalue weighted by Gasteiger charge is 2.14. The number of ether oxygens (including phenoxy) is 1. The SMILES string of the molecule is O=C(Cn1c2ccccc2c(=O)c2ccccc21)OCn1nnc2ccccc2c1=O. The van der Waals surface area contributed by atoms with Crippen molar-refractivity contribution in [3.63, 3.8) is 0 Å². The van der Waals surface area contributed by atoms with E-state index in [1.54, 1.807) is 65.2 Å². The Morgan fingerprint density at radius 2 is 1.39 bits per heavy atom. The van der Waals surface area contributed by atoms with Crippen molar-refractivity contribution in [1.29, 1.82) is 0 Å². The van der Waals surface area contributed by atoms with E-state index in [2.05, 4.69) is 10.3 Å². The zero-order valence-corrected chi connectivity index (χ0v) is 16.3. The van der Waals surface area contributed by atoms with Crippen molar-refractivity contribution in [3.8, 4) is 0 Å². The number of carbonyl (C=O) groups excluding carboxylic acids is 1. The summed E-state index contributed by atoms with van der Waals surface area (Å²) < 4.78 is 8.05. The molecule has 0 amide bonds.